The molecule has 0 bridgehead atoms. The highest BCUT2D eigenvalue weighted by molar-refractivity contribution is 7.92. The van der Waals surface area contributed by atoms with Gasteiger partial charge in [-0.2, -0.15) is 0 Å². The second-order valence-corrected chi connectivity index (χ2v) is 17.0. The van der Waals surface area contributed by atoms with E-state index in [1.54, 1.807) is 0 Å². The number of carbonyl (C=O) groups excluding carboxylic acids is 6. The van der Waals surface area contributed by atoms with E-state index in [0.29, 0.717) is 5.69 Å². The van der Waals surface area contributed by atoms with Gasteiger partial charge in [-0.25, -0.2) is 17.9 Å². The molecular weight excluding hydrogens is 767 g/mol. The van der Waals surface area contributed by atoms with E-state index in [1.165, 1.54) is 41.8 Å². The van der Waals surface area contributed by atoms with Crippen LogP contribution in [-0.2, 0) is 39.4 Å². The topological polar surface area (TPSA) is 316 Å². The number of rotatable bonds is 19. The summed E-state index contributed by atoms with van der Waals surface area (Å²) in [5.41, 5.74) is 9.27. The number of Topliss-reactive ketones (excluding diaryl/α,β-unsaturated/α-hetero) is 1. The largest absolute Gasteiger partial charge is 0.465 e. The van der Waals surface area contributed by atoms with Crippen LogP contribution in [0.4, 0.5) is 4.79 Å². The van der Waals surface area contributed by atoms with Crippen LogP contribution < -0.4 is 27.4 Å². The molecule has 4 rings (SSSR count). The molecule has 20 nitrogen and oxygen atoms in total. The van der Waals surface area contributed by atoms with Gasteiger partial charge in [0.15, 0.2) is 9.84 Å². The molecule has 1 saturated carbocycles. The Bertz CT molecular complexity index is 1920. The predicted molar refractivity (Wildman–Crippen MR) is 201 cm³/mol. The van der Waals surface area contributed by atoms with Crippen molar-refractivity contribution in [3.05, 3.63) is 41.7 Å². The maximum atomic E-state index is 14.7. The van der Waals surface area contributed by atoms with Gasteiger partial charge in [-0.3, -0.25) is 28.8 Å². The lowest BCUT2D eigenvalue weighted by Gasteiger charge is -2.32. The van der Waals surface area contributed by atoms with Gasteiger partial charge in [0.05, 0.1) is 28.9 Å². The Labute approximate surface area is 329 Å². The van der Waals surface area contributed by atoms with Crippen LogP contribution in [0, 0.1) is 5.92 Å². The van der Waals surface area contributed by atoms with E-state index < -0.39 is 86.8 Å². The number of sulfone groups is 1. The fourth-order valence-corrected chi connectivity index (χ4v) is 8.41. The minimum absolute atomic E-state index is 0.0202. The number of carboxylic acid groups (broad SMARTS) is 1. The molecule has 0 radical (unpaired) electrons. The van der Waals surface area contributed by atoms with Gasteiger partial charge in [0, 0.05) is 25.1 Å². The zero-order valence-corrected chi connectivity index (χ0v) is 32.7. The summed E-state index contributed by atoms with van der Waals surface area (Å²) in [6, 6.07) is 0.265. The molecule has 2 fully saturated rings. The van der Waals surface area contributed by atoms with Crippen molar-refractivity contribution in [1.82, 2.24) is 35.8 Å². The minimum Gasteiger partial charge on any atom is -0.465 e. The first-order chi connectivity index (χ1) is 26.8. The zero-order chi connectivity index (χ0) is 42.1. The molecule has 2 aromatic rings. The molecule has 1 saturated heterocycles. The second kappa shape index (κ2) is 19.1. The predicted octanol–water partition coefficient (Wildman–Crippen LogP) is -0.347. The summed E-state index contributed by atoms with van der Waals surface area (Å²) in [7, 11) is -4.05. The lowest BCUT2D eigenvalue weighted by molar-refractivity contribution is -0.142. The lowest BCUT2D eigenvalue weighted by atomic mass is 9.84. The van der Waals surface area contributed by atoms with Crippen molar-refractivity contribution in [3.63, 3.8) is 0 Å². The maximum absolute atomic E-state index is 14.7. The van der Waals surface area contributed by atoms with Crippen LogP contribution in [0.25, 0.3) is 0 Å². The molecular formula is C36H51N9O11S. The molecule has 1 aromatic heterocycles. The number of aromatic nitrogens is 3. The van der Waals surface area contributed by atoms with Crippen LogP contribution in [0.15, 0.2) is 35.4 Å². The summed E-state index contributed by atoms with van der Waals surface area (Å²) in [4.78, 5) is 90.6. The molecule has 1 aromatic carbocycles. The molecule has 2 aliphatic rings. The average Bonchev–Trinajstić information content (AvgIpc) is 3.82. The molecule has 21 heteroatoms. The summed E-state index contributed by atoms with van der Waals surface area (Å²) in [5, 5.41) is 35.3. The first-order valence-electron chi connectivity index (χ1n) is 18.7. The number of nitrogens with one attached hydrogen (secondary N) is 3. The molecule has 1 aliphatic heterocycles. The Kier molecular flexibility index (Phi) is 14.9. The van der Waals surface area contributed by atoms with Crippen LogP contribution in [-0.4, -0.2) is 117 Å². The Hall–Kier alpha value is -5.44. The fraction of sp³-hybridized carbons (Fsp3) is 0.583. The lowest BCUT2D eigenvalue weighted by Crippen LogP contribution is -2.56. The molecule has 4 atom stereocenters. The molecule has 2 heterocycles. The molecule has 6 amide bonds. The molecule has 312 valence electrons. The zero-order valence-electron chi connectivity index (χ0n) is 31.9. The SMILES string of the molecule is CC(C)(O)c1cnnn1[C@H]1C[C@@H](C(=O)NC(CCCCNC(=O)O)C(=O)C(N)=O)N(C(=O)C(CC2CCCCC2)NC(=O)c2ccc(S(=O)(=O)CC(N)=O)cc2)C1. The molecule has 0 spiro atoms. The number of amides is 6. The van der Waals surface area contributed by atoms with E-state index in [9.17, 15) is 47.1 Å². The number of primary amides is 2. The van der Waals surface area contributed by atoms with Crippen LogP contribution in [0.5, 0.6) is 0 Å². The highest BCUT2D eigenvalue weighted by Crippen LogP contribution is 2.33. The number of ketones is 1. The van der Waals surface area contributed by atoms with E-state index in [-0.39, 0.29) is 61.6 Å². The normalized spacial score (nSPS) is 18.6. The summed E-state index contributed by atoms with van der Waals surface area (Å²) < 4.78 is 26.4. The summed E-state index contributed by atoms with van der Waals surface area (Å²) in [5.74, 6) is -6.43. The van der Waals surface area contributed by atoms with Gasteiger partial charge < -0.3 is 42.5 Å². The number of likely N-dealkylation sites (tertiary alicyclic amines) is 1. The van der Waals surface area contributed by atoms with E-state index in [1.807, 2.05) is 0 Å². The first kappa shape index (κ1) is 44.3. The van der Waals surface area contributed by atoms with Crippen molar-refractivity contribution in [2.24, 2.45) is 17.4 Å². The van der Waals surface area contributed by atoms with E-state index >= 15 is 0 Å². The van der Waals surface area contributed by atoms with Gasteiger partial charge in [0.2, 0.25) is 23.5 Å². The Morgan fingerprint density at radius 1 is 0.965 bits per heavy atom. The van der Waals surface area contributed by atoms with Crippen molar-refractivity contribution < 1.29 is 52.2 Å². The number of aliphatic hydroxyl groups is 1. The monoisotopic (exact) mass is 817 g/mol. The Morgan fingerprint density at radius 3 is 2.23 bits per heavy atom. The van der Waals surface area contributed by atoms with E-state index in [4.69, 9.17) is 16.6 Å². The summed E-state index contributed by atoms with van der Waals surface area (Å²) in [6.07, 6.45) is 5.18. The van der Waals surface area contributed by atoms with Crippen LogP contribution in [0.1, 0.15) is 100 Å². The van der Waals surface area contributed by atoms with Gasteiger partial charge >= 0.3 is 6.09 Å². The number of hydrogen-bond donors (Lipinski definition) is 7. The van der Waals surface area contributed by atoms with E-state index in [2.05, 4.69) is 26.3 Å². The molecule has 2 unspecified atom stereocenters. The van der Waals surface area contributed by atoms with Crippen molar-refractivity contribution in [2.45, 2.75) is 113 Å². The van der Waals surface area contributed by atoms with Gasteiger partial charge in [-0.15, -0.1) is 5.10 Å². The van der Waals surface area contributed by atoms with Crippen LogP contribution in [0.3, 0.4) is 0 Å². The number of unbranched alkanes of at least 4 members (excludes halogenated alkanes) is 1. The third-order valence-electron chi connectivity index (χ3n) is 10.2. The minimum atomic E-state index is -4.05. The van der Waals surface area contributed by atoms with E-state index in [0.717, 1.165) is 44.2 Å². The molecule has 57 heavy (non-hydrogen) atoms. The number of hydrogen-bond acceptors (Lipinski definition) is 12. The average molecular weight is 818 g/mol. The van der Waals surface area contributed by atoms with Crippen molar-refractivity contribution >= 4 is 51.2 Å². The standard InChI is InChI=1S/C36H51N9O11S/c1-36(2,54)28-18-40-43-45(28)23-17-27(33(50)41-25(30(47)31(38)48)10-6-7-15-39-35(52)53)44(19-23)34(51)26(16-21-8-4-3-5-9-21)42-32(49)22-11-13-24(14-12-22)57(55,56)20-29(37)46/h11-14,18,21,23,25-27,39,54H,3-10,15-17,19-20H2,1-2H3,(H2,37,46)(H2,38,48)(H,41,50)(H,42,49)(H,52,53)/t23-,25?,26?,27-/m0/s1. The highest BCUT2D eigenvalue weighted by atomic mass is 32.2. The second-order valence-electron chi connectivity index (χ2n) is 15.1. The Balaban J connectivity index is 1.65. The van der Waals surface area contributed by atoms with Crippen molar-refractivity contribution in [2.75, 3.05) is 18.8 Å². The highest BCUT2D eigenvalue weighted by Gasteiger charge is 2.45. The molecule has 1 aliphatic carbocycles. The van der Waals surface area contributed by atoms with Crippen LogP contribution >= 0.6 is 0 Å². The van der Waals surface area contributed by atoms with Crippen LogP contribution in [0.2, 0.25) is 0 Å². The number of benzene rings is 1. The maximum Gasteiger partial charge on any atom is 0.404 e. The number of carbonyl (C=O) groups is 7. The van der Waals surface area contributed by atoms with Crippen molar-refractivity contribution in [3.8, 4) is 0 Å². The van der Waals surface area contributed by atoms with Gasteiger partial charge in [-0.05, 0) is 69.7 Å². The summed E-state index contributed by atoms with van der Waals surface area (Å²) >= 11 is 0. The summed E-state index contributed by atoms with van der Waals surface area (Å²) in [6.45, 7) is 2.97. The van der Waals surface area contributed by atoms with Crippen molar-refractivity contribution in [1.29, 1.82) is 0 Å². The number of nitrogens with zero attached hydrogens (tertiary/aromatic N) is 4. The fourth-order valence-electron chi connectivity index (χ4n) is 7.32. The smallest absolute Gasteiger partial charge is 0.404 e. The Morgan fingerprint density at radius 2 is 1.63 bits per heavy atom. The molecule has 9 N–H and O–H groups in total. The first-order valence-corrected chi connectivity index (χ1v) is 20.4. The third kappa shape index (κ3) is 12.0. The van der Waals surface area contributed by atoms with Gasteiger partial charge in [0.25, 0.3) is 11.8 Å². The van der Waals surface area contributed by atoms with Gasteiger partial charge in [0.1, 0.15) is 23.4 Å². The number of nitrogens with two attached hydrogens (primary N) is 2. The van der Waals surface area contributed by atoms with Gasteiger partial charge in [-0.1, -0.05) is 37.3 Å². The quantitative estimate of drug-likeness (QED) is 0.0706. The third-order valence-corrected chi connectivity index (χ3v) is 11.8.